The highest BCUT2D eigenvalue weighted by Gasteiger charge is 2.20. The van der Waals surface area contributed by atoms with Crippen LogP contribution in [0.5, 0.6) is 6.01 Å². The lowest BCUT2D eigenvalue weighted by Gasteiger charge is -2.31. The van der Waals surface area contributed by atoms with Gasteiger partial charge in [0.05, 0.1) is 0 Å². The second-order valence-corrected chi connectivity index (χ2v) is 5.33. The molecule has 0 amide bonds. The van der Waals surface area contributed by atoms with E-state index < -0.39 is 0 Å². The molecule has 1 aliphatic rings. The Balaban J connectivity index is 2.02. The van der Waals surface area contributed by atoms with E-state index >= 15 is 0 Å². The zero-order chi connectivity index (χ0) is 14.5. The van der Waals surface area contributed by atoms with Crippen molar-refractivity contribution in [3.05, 3.63) is 0 Å². The first kappa shape index (κ1) is 14.8. The van der Waals surface area contributed by atoms with E-state index in [-0.39, 0.29) is 0 Å². The highest BCUT2D eigenvalue weighted by atomic mass is 16.5. The van der Waals surface area contributed by atoms with Crippen molar-refractivity contribution >= 4 is 11.9 Å². The van der Waals surface area contributed by atoms with Crippen LogP contribution in [0.2, 0.25) is 0 Å². The molecule has 0 aliphatic carbocycles. The van der Waals surface area contributed by atoms with Gasteiger partial charge >= 0.3 is 6.01 Å². The third-order valence-electron chi connectivity index (χ3n) is 3.55. The van der Waals surface area contributed by atoms with Gasteiger partial charge in [-0.2, -0.15) is 15.0 Å². The minimum absolute atomic E-state index is 0.382. The highest BCUT2D eigenvalue weighted by molar-refractivity contribution is 5.36. The van der Waals surface area contributed by atoms with Crippen molar-refractivity contribution in [3.8, 4) is 6.01 Å². The number of likely N-dealkylation sites (tertiary alicyclic amines) is 1. The molecule has 7 heteroatoms. The van der Waals surface area contributed by atoms with Crippen molar-refractivity contribution in [2.75, 3.05) is 51.6 Å². The van der Waals surface area contributed by atoms with E-state index in [1.807, 2.05) is 19.0 Å². The number of nitrogens with one attached hydrogen (secondary N) is 1. The van der Waals surface area contributed by atoms with Crippen molar-refractivity contribution in [1.29, 1.82) is 0 Å². The zero-order valence-electron chi connectivity index (χ0n) is 12.8. The number of anilines is 2. The Morgan fingerprint density at radius 2 is 2.10 bits per heavy atom. The standard InChI is InChI=1S/C13H24N6O/c1-14-11-15-12(18(2)3)17-13(16-11)20-9-10-7-5-6-8-19(10)4/h10H,5-9H2,1-4H3,(H,14,15,16,17). The number of rotatable bonds is 5. The van der Waals surface area contributed by atoms with E-state index in [1.54, 1.807) is 7.05 Å². The fourth-order valence-electron chi connectivity index (χ4n) is 2.25. The lowest BCUT2D eigenvalue weighted by atomic mass is 10.0. The van der Waals surface area contributed by atoms with E-state index in [2.05, 4.69) is 32.2 Å². The summed E-state index contributed by atoms with van der Waals surface area (Å²) in [7, 11) is 7.72. The van der Waals surface area contributed by atoms with Crippen LogP contribution in [0.1, 0.15) is 19.3 Å². The normalized spacial score (nSPS) is 19.7. The van der Waals surface area contributed by atoms with E-state index in [4.69, 9.17) is 4.74 Å². The maximum absolute atomic E-state index is 5.78. The molecule has 1 atom stereocenters. The van der Waals surface area contributed by atoms with Crippen LogP contribution in [0.4, 0.5) is 11.9 Å². The van der Waals surface area contributed by atoms with Crippen LogP contribution >= 0.6 is 0 Å². The van der Waals surface area contributed by atoms with Gasteiger partial charge in [-0.1, -0.05) is 6.42 Å². The Hall–Kier alpha value is -1.63. The summed E-state index contributed by atoms with van der Waals surface area (Å²) >= 11 is 0. The van der Waals surface area contributed by atoms with Crippen LogP contribution in [0.15, 0.2) is 0 Å². The van der Waals surface area contributed by atoms with Crippen LogP contribution in [0.3, 0.4) is 0 Å². The molecule has 112 valence electrons. The van der Waals surface area contributed by atoms with Crippen LogP contribution in [-0.4, -0.2) is 67.2 Å². The number of hydrogen-bond acceptors (Lipinski definition) is 7. The van der Waals surface area contributed by atoms with E-state index in [1.165, 1.54) is 19.3 Å². The maximum atomic E-state index is 5.78. The molecule has 1 aromatic rings. The number of nitrogens with zero attached hydrogens (tertiary/aromatic N) is 5. The van der Waals surface area contributed by atoms with Crippen LogP contribution in [-0.2, 0) is 0 Å². The van der Waals surface area contributed by atoms with Gasteiger partial charge in [-0.25, -0.2) is 0 Å². The number of ether oxygens (including phenoxy) is 1. The molecule has 7 nitrogen and oxygen atoms in total. The van der Waals surface area contributed by atoms with Gasteiger partial charge in [0.15, 0.2) is 0 Å². The van der Waals surface area contributed by atoms with E-state index in [0.29, 0.717) is 30.6 Å². The SMILES string of the molecule is CNc1nc(OCC2CCCCN2C)nc(N(C)C)n1. The van der Waals surface area contributed by atoms with E-state index in [0.717, 1.165) is 6.54 Å². The number of likely N-dealkylation sites (N-methyl/N-ethyl adjacent to an activating group) is 1. The number of hydrogen-bond donors (Lipinski definition) is 1. The Kier molecular flexibility index (Phi) is 4.94. The minimum Gasteiger partial charge on any atom is -0.462 e. The fourth-order valence-corrected chi connectivity index (χ4v) is 2.25. The monoisotopic (exact) mass is 280 g/mol. The first-order chi connectivity index (χ1) is 9.60. The Morgan fingerprint density at radius 3 is 2.75 bits per heavy atom. The molecule has 0 bridgehead atoms. The quantitative estimate of drug-likeness (QED) is 0.857. The van der Waals surface area contributed by atoms with Gasteiger partial charge in [0.1, 0.15) is 6.61 Å². The lowest BCUT2D eigenvalue weighted by Crippen LogP contribution is -2.40. The molecule has 1 unspecified atom stereocenters. The van der Waals surface area contributed by atoms with Crippen molar-refractivity contribution in [2.45, 2.75) is 25.3 Å². The number of piperidine rings is 1. The summed E-state index contributed by atoms with van der Waals surface area (Å²) in [5.74, 6) is 1.12. The molecule has 20 heavy (non-hydrogen) atoms. The van der Waals surface area contributed by atoms with Crippen molar-refractivity contribution in [2.24, 2.45) is 0 Å². The smallest absolute Gasteiger partial charge is 0.323 e. The van der Waals surface area contributed by atoms with Crippen LogP contribution in [0.25, 0.3) is 0 Å². The lowest BCUT2D eigenvalue weighted by molar-refractivity contribution is 0.120. The van der Waals surface area contributed by atoms with Gasteiger partial charge in [-0.3, -0.25) is 0 Å². The summed E-state index contributed by atoms with van der Waals surface area (Å²) in [6, 6.07) is 0.827. The van der Waals surface area contributed by atoms with Crippen molar-refractivity contribution in [1.82, 2.24) is 19.9 Å². The summed E-state index contributed by atoms with van der Waals surface area (Å²) < 4.78 is 5.78. The predicted molar refractivity (Wildman–Crippen MR) is 79.5 cm³/mol. The summed E-state index contributed by atoms with van der Waals surface area (Å²) in [4.78, 5) is 17.0. The molecule has 0 radical (unpaired) electrons. The molecule has 0 spiro atoms. The summed E-state index contributed by atoms with van der Waals surface area (Å²) in [6.07, 6.45) is 3.70. The molecule has 1 N–H and O–H groups in total. The predicted octanol–water partition coefficient (Wildman–Crippen LogP) is 0.842. The minimum atomic E-state index is 0.382. The third kappa shape index (κ3) is 3.69. The van der Waals surface area contributed by atoms with Gasteiger partial charge in [-0.05, 0) is 26.4 Å². The van der Waals surface area contributed by atoms with E-state index in [9.17, 15) is 0 Å². The zero-order valence-corrected chi connectivity index (χ0v) is 12.8. The molecule has 2 heterocycles. The molecular weight excluding hydrogens is 256 g/mol. The summed E-state index contributed by atoms with van der Waals surface area (Å²) in [5, 5.41) is 2.93. The molecular formula is C13H24N6O. The maximum Gasteiger partial charge on any atom is 0.323 e. The van der Waals surface area contributed by atoms with Gasteiger partial charge in [-0.15, -0.1) is 0 Å². The van der Waals surface area contributed by atoms with Gasteiger partial charge in [0.25, 0.3) is 0 Å². The van der Waals surface area contributed by atoms with Crippen molar-refractivity contribution < 1.29 is 4.74 Å². The van der Waals surface area contributed by atoms with Crippen LogP contribution < -0.4 is 15.0 Å². The Bertz CT molecular complexity index is 439. The molecule has 1 fully saturated rings. The molecule has 1 saturated heterocycles. The first-order valence-electron chi connectivity index (χ1n) is 7.04. The first-order valence-corrected chi connectivity index (χ1v) is 7.04. The third-order valence-corrected chi connectivity index (χ3v) is 3.55. The molecule has 0 aromatic carbocycles. The average Bonchev–Trinajstić information content (AvgIpc) is 2.46. The molecule has 1 aromatic heterocycles. The summed E-state index contributed by atoms with van der Waals surface area (Å²) in [5.41, 5.74) is 0. The molecule has 1 aliphatic heterocycles. The highest BCUT2D eigenvalue weighted by Crippen LogP contribution is 2.17. The summed E-state index contributed by atoms with van der Waals surface area (Å²) in [6.45, 7) is 1.76. The largest absolute Gasteiger partial charge is 0.462 e. The Morgan fingerprint density at radius 1 is 1.30 bits per heavy atom. The number of aromatic nitrogens is 3. The van der Waals surface area contributed by atoms with Crippen LogP contribution in [0, 0.1) is 0 Å². The second-order valence-electron chi connectivity index (χ2n) is 5.33. The molecule has 0 saturated carbocycles. The van der Waals surface area contributed by atoms with Gasteiger partial charge in [0.2, 0.25) is 11.9 Å². The topological polar surface area (TPSA) is 66.4 Å². The fraction of sp³-hybridized carbons (Fsp3) is 0.769. The van der Waals surface area contributed by atoms with Crippen molar-refractivity contribution in [3.63, 3.8) is 0 Å². The molecule has 2 rings (SSSR count). The average molecular weight is 280 g/mol. The second kappa shape index (κ2) is 6.69. The van der Waals surface area contributed by atoms with Gasteiger partial charge < -0.3 is 19.9 Å². The Labute approximate surface area is 120 Å². The van der Waals surface area contributed by atoms with Gasteiger partial charge in [0, 0.05) is 27.2 Å².